The van der Waals surface area contributed by atoms with Gasteiger partial charge in [0.05, 0.1) is 23.9 Å². The molecular formula is C25H30ClF3N2O2. The first kappa shape index (κ1) is 25.4. The van der Waals surface area contributed by atoms with E-state index in [9.17, 15) is 18.0 Å². The number of halogens is 4. The summed E-state index contributed by atoms with van der Waals surface area (Å²) in [6, 6.07) is 11.7. The van der Waals surface area contributed by atoms with Gasteiger partial charge in [0, 0.05) is 19.6 Å². The van der Waals surface area contributed by atoms with Crippen molar-refractivity contribution in [2.75, 3.05) is 25.0 Å². The lowest BCUT2D eigenvalue weighted by atomic mass is 9.99. The van der Waals surface area contributed by atoms with Crippen molar-refractivity contribution in [3.8, 4) is 0 Å². The number of rotatable bonds is 6. The molecule has 2 aromatic rings. The highest BCUT2D eigenvalue weighted by Crippen LogP contribution is 2.32. The molecule has 8 heteroatoms. The summed E-state index contributed by atoms with van der Waals surface area (Å²) in [7, 11) is 0. The maximum Gasteiger partial charge on any atom is 0.471 e. The lowest BCUT2D eigenvalue weighted by Gasteiger charge is -2.21. The van der Waals surface area contributed by atoms with Crippen LogP contribution in [0, 0.1) is 5.41 Å². The van der Waals surface area contributed by atoms with Gasteiger partial charge in [-0.2, -0.15) is 13.2 Å². The van der Waals surface area contributed by atoms with Crippen LogP contribution in [-0.4, -0.2) is 36.7 Å². The number of benzene rings is 2. The Hall–Kier alpha value is -2.25. The zero-order valence-electron chi connectivity index (χ0n) is 19.2. The van der Waals surface area contributed by atoms with Gasteiger partial charge < -0.3 is 15.0 Å². The molecule has 3 rings (SSSR count). The van der Waals surface area contributed by atoms with E-state index in [0.717, 1.165) is 27.2 Å². The molecule has 1 N–H and O–H groups in total. The van der Waals surface area contributed by atoms with Crippen LogP contribution in [0.3, 0.4) is 0 Å². The van der Waals surface area contributed by atoms with Crippen molar-refractivity contribution in [1.82, 2.24) is 4.90 Å². The van der Waals surface area contributed by atoms with Crippen LogP contribution in [0.5, 0.6) is 0 Å². The fourth-order valence-corrected chi connectivity index (χ4v) is 4.03. The highest BCUT2D eigenvalue weighted by molar-refractivity contribution is 6.33. The van der Waals surface area contributed by atoms with Crippen molar-refractivity contribution in [2.24, 2.45) is 5.41 Å². The van der Waals surface area contributed by atoms with E-state index in [1.165, 1.54) is 0 Å². The van der Waals surface area contributed by atoms with Crippen molar-refractivity contribution in [2.45, 2.75) is 52.9 Å². The zero-order valence-corrected chi connectivity index (χ0v) is 19.9. The van der Waals surface area contributed by atoms with Crippen molar-refractivity contribution in [3.63, 3.8) is 0 Å². The predicted molar refractivity (Wildman–Crippen MR) is 124 cm³/mol. The lowest BCUT2D eigenvalue weighted by molar-refractivity contribution is -0.185. The number of ether oxygens (including phenoxy) is 1. The SMILES string of the molecule is CC(C)(C)COCc1ccc(CNc2c(Cl)ccc3c2CCN(C(=O)C(F)(F)F)CC3)cc1. The van der Waals surface area contributed by atoms with Crippen LogP contribution >= 0.6 is 11.6 Å². The third-order valence-electron chi connectivity index (χ3n) is 5.47. The normalized spacial score (nSPS) is 14.6. The van der Waals surface area contributed by atoms with Crippen molar-refractivity contribution in [3.05, 3.63) is 63.7 Å². The maximum absolute atomic E-state index is 12.9. The Kier molecular flexibility index (Phi) is 7.96. The molecule has 180 valence electrons. The third-order valence-corrected chi connectivity index (χ3v) is 5.78. The molecule has 0 saturated heterocycles. The fourth-order valence-electron chi connectivity index (χ4n) is 3.79. The molecule has 1 amide bonds. The smallest absolute Gasteiger partial charge is 0.380 e. The minimum Gasteiger partial charge on any atom is -0.380 e. The summed E-state index contributed by atoms with van der Waals surface area (Å²) in [4.78, 5) is 12.6. The van der Waals surface area contributed by atoms with Gasteiger partial charge in [-0.3, -0.25) is 4.79 Å². The molecule has 0 saturated carbocycles. The molecule has 0 radical (unpaired) electrons. The topological polar surface area (TPSA) is 41.6 Å². The number of nitrogens with zero attached hydrogens (tertiary/aromatic N) is 1. The van der Waals surface area contributed by atoms with Gasteiger partial charge in [0.15, 0.2) is 0 Å². The predicted octanol–water partition coefficient (Wildman–Crippen LogP) is 6.00. The first-order valence-electron chi connectivity index (χ1n) is 11.0. The maximum atomic E-state index is 12.9. The molecule has 0 atom stereocenters. The van der Waals surface area contributed by atoms with Gasteiger partial charge in [-0.15, -0.1) is 0 Å². The first-order chi connectivity index (χ1) is 15.4. The standard InChI is InChI=1S/C25H30ClF3N2O2/c1-24(2,3)16-33-15-18-6-4-17(5-7-18)14-30-22-20-11-13-31(23(32)25(27,28)29)12-10-19(20)8-9-21(22)26/h4-9,30H,10-16H2,1-3H3. The van der Waals surface area contributed by atoms with Crippen LogP contribution in [0.25, 0.3) is 0 Å². The molecule has 2 aromatic carbocycles. The highest BCUT2D eigenvalue weighted by atomic mass is 35.5. The van der Waals surface area contributed by atoms with E-state index in [1.54, 1.807) is 6.07 Å². The van der Waals surface area contributed by atoms with Gasteiger partial charge >= 0.3 is 12.1 Å². The molecule has 1 aliphatic heterocycles. The second-order valence-corrected chi connectivity index (χ2v) is 9.98. The molecule has 0 bridgehead atoms. The lowest BCUT2D eigenvalue weighted by Crippen LogP contribution is -2.42. The van der Waals surface area contributed by atoms with Crippen LogP contribution in [0.4, 0.5) is 18.9 Å². The quantitative estimate of drug-likeness (QED) is 0.548. The second-order valence-electron chi connectivity index (χ2n) is 9.57. The van der Waals surface area contributed by atoms with E-state index in [2.05, 4.69) is 26.1 Å². The Morgan fingerprint density at radius 2 is 1.67 bits per heavy atom. The van der Waals surface area contributed by atoms with Crippen LogP contribution in [0.2, 0.25) is 5.02 Å². The molecule has 33 heavy (non-hydrogen) atoms. The van der Waals surface area contributed by atoms with Gasteiger partial charge in [-0.1, -0.05) is 62.7 Å². The molecule has 0 fully saturated rings. The Morgan fingerprint density at radius 1 is 1.03 bits per heavy atom. The molecule has 1 heterocycles. The molecule has 0 spiro atoms. The van der Waals surface area contributed by atoms with Gasteiger partial charge in [0.1, 0.15) is 0 Å². The van der Waals surface area contributed by atoms with Crippen molar-refractivity contribution >= 4 is 23.2 Å². The number of amides is 1. The summed E-state index contributed by atoms with van der Waals surface area (Å²) >= 11 is 6.43. The molecular weight excluding hydrogens is 453 g/mol. The van der Waals surface area contributed by atoms with Crippen molar-refractivity contribution < 1.29 is 22.7 Å². The Bertz CT molecular complexity index is 969. The molecule has 0 aliphatic carbocycles. The first-order valence-corrected chi connectivity index (χ1v) is 11.4. The van der Waals surface area contributed by atoms with Gasteiger partial charge in [-0.25, -0.2) is 0 Å². The number of carbonyl (C=O) groups is 1. The number of hydrogen-bond donors (Lipinski definition) is 1. The number of anilines is 1. The fraction of sp³-hybridized carbons (Fsp3) is 0.480. The molecule has 4 nitrogen and oxygen atoms in total. The average Bonchev–Trinajstić information content (AvgIpc) is 2.94. The summed E-state index contributed by atoms with van der Waals surface area (Å²) in [6.45, 7) is 8.17. The molecule has 1 aliphatic rings. The summed E-state index contributed by atoms with van der Waals surface area (Å²) in [5, 5.41) is 3.86. The summed E-state index contributed by atoms with van der Waals surface area (Å²) in [5.74, 6) is -1.79. The molecule has 0 unspecified atom stereocenters. The van der Waals surface area contributed by atoms with Crippen LogP contribution in [-0.2, 0) is 35.5 Å². The second kappa shape index (κ2) is 10.3. The van der Waals surface area contributed by atoms with E-state index < -0.39 is 12.1 Å². The van der Waals surface area contributed by atoms with E-state index >= 15 is 0 Å². The monoisotopic (exact) mass is 482 g/mol. The number of carbonyl (C=O) groups excluding carboxylic acids is 1. The van der Waals surface area contributed by atoms with Gasteiger partial charge in [0.2, 0.25) is 0 Å². The third kappa shape index (κ3) is 7.11. The Morgan fingerprint density at radius 3 is 2.30 bits per heavy atom. The Balaban J connectivity index is 1.64. The minimum absolute atomic E-state index is 0.00360. The summed E-state index contributed by atoms with van der Waals surface area (Å²) < 4.78 is 44.3. The van der Waals surface area contributed by atoms with Crippen LogP contribution in [0.1, 0.15) is 43.0 Å². The van der Waals surface area contributed by atoms with E-state index in [4.69, 9.17) is 16.3 Å². The average molecular weight is 483 g/mol. The number of nitrogens with one attached hydrogen (secondary N) is 1. The Labute approximate surface area is 198 Å². The van der Waals surface area contributed by atoms with Gasteiger partial charge in [0.25, 0.3) is 0 Å². The number of alkyl halides is 3. The van der Waals surface area contributed by atoms with Crippen molar-refractivity contribution in [1.29, 1.82) is 0 Å². The summed E-state index contributed by atoms with van der Waals surface area (Å²) in [5.41, 5.74) is 4.74. The summed E-state index contributed by atoms with van der Waals surface area (Å²) in [6.07, 6.45) is -4.20. The van der Waals surface area contributed by atoms with E-state index in [0.29, 0.717) is 43.3 Å². The van der Waals surface area contributed by atoms with E-state index in [-0.39, 0.29) is 18.5 Å². The highest BCUT2D eigenvalue weighted by Gasteiger charge is 2.42. The largest absolute Gasteiger partial charge is 0.471 e. The number of hydrogen-bond acceptors (Lipinski definition) is 3. The zero-order chi connectivity index (χ0) is 24.2. The minimum atomic E-state index is -4.86. The van der Waals surface area contributed by atoms with Crippen LogP contribution < -0.4 is 5.32 Å². The van der Waals surface area contributed by atoms with E-state index in [1.807, 2.05) is 30.3 Å². The molecule has 0 aromatic heterocycles. The van der Waals surface area contributed by atoms with Gasteiger partial charge in [-0.05, 0) is 46.6 Å². The van der Waals surface area contributed by atoms with Crippen LogP contribution in [0.15, 0.2) is 36.4 Å². The number of fused-ring (bicyclic) bond motifs is 1.